The van der Waals surface area contributed by atoms with Crippen molar-refractivity contribution in [1.82, 2.24) is 14.9 Å². The number of benzene rings is 3. The summed E-state index contributed by atoms with van der Waals surface area (Å²) < 4.78 is 1.42. The molecule has 39 heavy (non-hydrogen) atoms. The van der Waals surface area contributed by atoms with Gasteiger partial charge in [0.15, 0.2) is 0 Å². The van der Waals surface area contributed by atoms with Crippen molar-refractivity contribution in [3.05, 3.63) is 118 Å². The SMILES string of the molecule is Cn1cc(-c2ccccc2C#N)c2cc(C(=O)NCc3ccc(C(=O)Nc4ccccc4N)cc3)[nH]c2c1=O. The van der Waals surface area contributed by atoms with E-state index in [0.29, 0.717) is 39.0 Å². The number of hydrogen-bond donors (Lipinski definition) is 4. The Morgan fingerprint density at radius 2 is 1.69 bits per heavy atom. The second kappa shape index (κ2) is 10.4. The lowest BCUT2D eigenvalue weighted by atomic mass is 9.99. The molecule has 0 saturated heterocycles. The van der Waals surface area contributed by atoms with Gasteiger partial charge in [-0.3, -0.25) is 14.4 Å². The van der Waals surface area contributed by atoms with Crippen LogP contribution in [-0.4, -0.2) is 21.4 Å². The number of aryl methyl sites for hydroxylation is 1. The van der Waals surface area contributed by atoms with Crippen molar-refractivity contribution in [2.24, 2.45) is 7.05 Å². The van der Waals surface area contributed by atoms with Crippen LogP contribution in [0.5, 0.6) is 0 Å². The number of nitrogens with zero attached hydrogens (tertiary/aromatic N) is 2. The molecular formula is C30H24N6O3. The number of amides is 2. The predicted molar refractivity (Wildman–Crippen MR) is 150 cm³/mol. The molecule has 2 amide bonds. The lowest BCUT2D eigenvalue weighted by Crippen LogP contribution is -2.23. The summed E-state index contributed by atoms with van der Waals surface area (Å²) in [5.74, 6) is -0.689. The number of rotatable bonds is 6. The molecule has 0 spiro atoms. The van der Waals surface area contributed by atoms with Gasteiger partial charge in [0.25, 0.3) is 17.4 Å². The molecule has 0 atom stereocenters. The van der Waals surface area contributed by atoms with Crippen molar-refractivity contribution < 1.29 is 9.59 Å². The number of nitrogens with one attached hydrogen (secondary N) is 3. The molecule has 192 valence electrons. The molecular weight excluding hydrogens is 492 g/mol. The zero-order valence-corrected chi connectivity index (χ0v) is 21.0. The third kappa shape index (κ3) is 4.99. The van der Waals surface area contributed by atoms with E-state index in [1.54, 1.807) is 80.0 Å². The Bertz CT molecular complexity index is 1830. The van der Waals surface area contributed by atoms with Gasteiger partial charge in [0.2, 0.25) is 0 Å². The number of fused-ring (bicyclic) bond motifs is 1. The maximum absolute atomic E-state index is 13.0. The van der Waals surface area contributed by atoms with Gasteiger partial charge in [-0.15, -0.1) is 0 Å². The molecule has 5 N–H and O–H groups in total. The van der Waals surface area contributed by atoms with Crippen molar-refractivity contribution >= 4 is 34.1 Å². The number of aromatic amines is 1. The summed E-state index contributed by atoms with van der Waals surface area (Å²) in [6, 6.07) is 24.8. The molecule has 9 nitrogen and oxygen atoms in total. The summed E-state index contributed by atoms with van der Waals surface area (Å²) in [6.07, 6.45) is 1.67. The van der Waals surface area contributed by atoms with Gasteiger partial charge in [-0.1, -0.05) is 42.5 Å². The number of hydrogen-bond acceptors (Lipinski definition) is 5. The molecule has 0 aliphatic rings. The van der Waals surface area contributed by atoms with E-state index in [9.17, 15) is 19.6 Å². The number of H-pyrrole nitrogens is 1. The third-order valence-electron chi connectivity index (χ3n) is 6.43. The van der Waals surface area contributed by atoms with Crippen molar-refractivity contribution in [2.75, 3.05) is 11.1 Å². The summed E-state index contributed by atoms with van der Waals surface area (Å²) in [5.41, 5.74) is 10.2. The van der Waals surface area contributed by atoms with Crippen LogP contribution < -0.4 is 21.9 Å². The van der Waals surface area contributed by atoms with Crippen molar-refractivity contribution in [1.29, 1.82) is 5.26 Å². The number of carbonyl (C=O) groups is 2. The van der Waals surface area contributed by atoms with E-state index in [2.05, 4.69) is 21.7 Å². The van der Waals surface area contributed by atoms with Crippen LogP contribution in [0.3, 0.4) is 0 Å². The van der Waals surface area contributed by atoms with Gasteiger partial charge in [0.05, 0.1) is 23.0 Å². The minimum Gasteiger partial charge on any atom is -0.397 e. The summed E-state index contributed by atoms with van der Waals surface area (Å²) in [6.45, 7) is 0.212. The lowest BCUT2D eigenvalue weighted by Gasteiger charge is -2.09. The van der Waals surface area contributed by atoms with Gasteiger partial charge >= 0.3 is 0 Å². The zero-order valence-electron chi connectivity index (χ0n) is 21.0. The average Bonchev–Trinajstić information content (AvgIpc) is 3.41. The molecule has 2 heterocycles. The second-order valence-electron chi connectivity index (χ2n) is 9.01. The van der Waals surface area contributed by atoms with Crippen LogP contribution in [0.25, 0.3) is 22.0 Å². The molecule has 3 aromatic carbocycles. The normalized spacial score (nSPS) is 10.7. The first kappa shape index (κ1) is 25.0. The number of nitriles is 1. The highest BCUT2D eigenvalue weighted by atomic mass is 16.2. The minimum atomic E-state index is -0.394. The molecule has 0 aliphatic carbocycles. The summed E-state index contributed by atoms with van der Waals surface area (Å²) in [4.78, 5) is 41.3. The van der Waals surface area contributed by atoms with E-state index in [-0.39, 0.29) is 29.2 Å². The molecule has 5 rings (SSSR count). The molecule has 0 saturated carbocycles. The van der Waals surface area contributed by atoms with Crippen LogP contribution >= 0.6 is 0 Å². The van der Waals surface area contributed by atoms with E-state index in [0.717, 1.165) is 5.56 Å². The Balaban J connectivity index is 1.33. The Hall–Kier alpha value is -5.62. The minimum absolute atomic E-state index is 0.212. The van der Waals surface area contributed by atoms with Crippen molar-refractivity contribution in [3.8, 4) is 17.2 Å². The van der Waals surface area contributed by atoms with E-state index >= 15 is 0 Å². The maximum atomic E-state index is 13.0. The van der Waals surface area contributed by atoms with Gasteiger partial charge in [0.1, 0.15) is 11.2 Å². The summed E-state index contributed by atoms with van der Waals surface area (Å²) in [7, 11) is 1.62. The van der Waals surface area contributed by atoms with E-state index in [1.807, 2.05) is 12.1 Å². The number of pyridine rings is 1. The first-order valence-electron chi connectivity index (χ1n) is 12.1. The second-order valence-corrected chi connectivity index (χ2v) is 9.01. The predicted octanol–water partition coefficient (Wildman–Crippen LogP) is 4.17. The Morgan fingerprint density at radius 1 is 0.974 bits per heavy atom. The quantitative estimate of drug-likeness (QED) is 0.250. The average molecular weight is 517 g/mol. The smallest absolute Gasteiger partial charge is 0.274 e. The fourth-order valence-corrected chi connectivity index (χ4v) is 4.34. The number of anilines is 2. The molecule has 0 aliphatic heterocycles. The van der Waals surface area contributed by atoms with Gasteiger partial charge < -0.3 is 25.9 Å². The Labute approximate surface area is 223 Å². The fourth-order valence-electron chi connectivity index (χ4n) is 4.34. The standard InChI is InChI=1S/C30H24N6O3/c1-36-17-23(21-7-3-2-6-20(21)15-31)22-14-26(34-27(22)30(36)39)29(38)33-16-18-10-12-19(13-11-18)28(37)35-25-9-5-4-8-24(25)32/h2-14,17,34H,16,32H2,1H3,(H,33,38)(H,35,37). The zero-order chi connectivity index (χ0) is 27.5. The van der Waals surface area contributed by atoms with E-state index in [4.69, 9.17) is 5.73 Å². The van der Waals surface area contributed by atoms with Crippen LogP contribution in [0, 0.1) is 11.3 Å². The van der Waals surface area contributed by atoms with Crippen molar-refractivity contribution in [3.63, 3.8) is 0 Å². The number of carbonyl (C=O) groups excluding carboxylic acids is 2. The van der Waals surface area contributed by atoms with Gasteiger partial charge in [-0.2, -0.15) is 5.26 Å². The number of aromatic nitrogens is 2. The van der Waals surface area contributed by atoms with Gasteiger partial charge in [-0.25, -0.2) is 0 Å². The highest BCUT2D eigenvalue weighted by Crippen LogP contribution is 2.30. The van der Waals surface area contributed by atoms with Crippen LogP contribution in [0.15, 0.2) is 89.9 Å². The summed E-state index contributed by atoms with van der Waals surface area (Å²) >= 11 is 0. The Morgan fingerprint density at radius 3 is 2.44 bits per heavy atom. The monoisotopic (exact) mass is 516 g/mol. The largest absolute Gasteiger partial charge is 0.397 e. The molecule has 2 aromatic heterocycles. The third-order valence-corrected chi connectivity index (χ3v) is 6.43. The van der Waals surface area contributed by atoms with Crippen LogP contribution in [0.4, 0.5) is 11.4 Å². The Kier molecular flexibility index (Phi) is 6.68. The lowest BCUT2D eigenvalue weighted by molar-refractivity contribution is 0.0945. The molecule has 9 heteroatoms. The first-order valence-corrected chi connectivity index (χ1v) is 12.1. The highest BCUT2D eigenvalue weighted by molar-refractivity contribution is 6.06. The molecule has 0 unspecified atom stereocenters. The number of nitrogen functional groups attached to an aromatic ring is 1. The number of para-hydroxylation sites is 2. The number of nitrogens with two attached hydrogens (primary N) is 1. The molecule has 0 fully saturated rings. The van der Waals surface area contributed by atoms with E-state index < -0.39 is 5.91 Å². The molecule has 5 aromatic rings. The highest BCUT2D eigenvalue weighted by Gasteiger charge is 2.18. The van der Waals surface area contributed by atoms with Crippen LogP contribution in [-0.2, 0) is 13.6 Å². The van der Waals surface area contributed by atoms with Crippen molar-refractivity contribution in [2.45, 2.75) is 6.54 Å². The first-order chi connectivity index (χ1) is 18.9. The van der Waals surface area contributed by atoms with Crippen LogP contribution in [0.2, 0.25) is 0 Å². The molecule has 0 radical (unpaired) electrons. The van der Waals surface area contributed by atoms with Gasteiger partial charge in [-0.05, 0) is 42.0 Å². The molecule has 0 bridgehead atoms. The van der Waals surface area contributed by atoms with E-state index in [1.165, 1.54) is 4.57 Å². The topological polar surface area (TPSA) is 146 Å². The van der Waals surface area contributed by atoms with Crippen LogP contribution in [0.1, 0.15) is 32.0 Å². The fraction of sp³-hybridized carbons (Fsp3) is 0.0667. The maximum Gasteiger partial charge on any atom is 0.274 e. The summed E-state index contributed by atoms with van der Waals surface area (Å²) in [5, 5.41) is 15.7. The van der Waals surface area contributed by atoms with Gasteiger partial charge in [0, 0.05) is 41.9 Å².